The number of para-hydroxylation sites is 1. The largest absolute Gasteiger partial charge is 0.476 e. The van der Waals surface area contributed by atoms with Crippen molar-refractivity contribution in [3.8, 4) is 22.4 Å². The molecule has 0 saturated heterocycles. The number of fused-ring (bicyclic) bond motifs is 2. The van der Waals surface area contributed by atoms with Gasteiger partial charge in [-0.3, -0.25) is 24.2 Å². The van der Waals surface area contributed by atoms with Gasteiger partial charge in [0.25, 0.3) is 10.1 Å². The highest BCUT2D eigenvalue weighted by atomic mass is 32.2. The summed E-state index contributed by atoms with van der Waals surface area (Å²) in [5.41, 5.74) is 10.9. The summed E-state index contributed by atoms with van der Waals surface area (Å²) in [7, 11) is -2.86. The Kier molecular flexibility index (Phi) is 11.0. The lowest BCUT2D eigenvalue weighted by molar-refractivity contribution is -0.248. The number of carbonyl (C=O) groups excluding carboxylic acids is 2. The number of nitrogens with one attached hydrogen (secondary N) is 1. The summed E-state index contributed by atoms with van der Waals surface area (Å²) < 4.78 is 41.6. The Hall–Kier alpha value is -5.27. The highest BCUT2D eigenvalue weighted by molar-refractivity contribution is 7.85. The summed E-state index contributed by atoms with van der Waals surface area (Å²) in [5.74, 6) is -2.59. The maximum Gasteiger partial charge on any atom is 0.355 e. The molecule has 4 fully saturated rings. The highest BCUT2D eigenvalue weighted by Gasteiger charge is 2.66. The smallest absolute Gasteiger partial charge is 0.355 e. The Morgan fingerprint density at radius 2 is 1.75 bits per heavy atom. The highest BCUT2D eigenvalue weighted by Crippen LogP contribution is 2.72. The molecule has 3 aromatic heterocycles. The summed E-state index contributed by atoms with van der Waals surface area (Å²) in [4.78, 5) is 51.7. The van der Waals surface area contributed by atoms with E-state index in [0.29, 0.717) is 40.6 Å². The van der Waals surface area contributed by atoms with Gasteiger partial charge in [-0.1, -0.05) is 49.4 Å². The van der Waals surface area contributed by atoms with Crippen LogP contribution in [0.1, 0.15) is 80.5 Å². The van der Waals surface area contributed by atoms with Crippen LogP contribution in [0.15, 0.2) is 60.8 Å². The number of pyridine rings is 1. The van der Waals surface area contributed by atoms with E-state index in [9.17, 15) is 32.5 Å². The molecular weight excluding hydrogens is 857 g/mol. The van der Waals surface area contributed by atoms with Gasteiger partial charge in [-0.2, -0.15) is 13.5 Å². The van der Waals surface area contributed by atoms with Gasteiger partial charge in [0.2, 0.25) is 5.91 Å². The van der Waals surface area contributed by atoms with E-state index in [1.165, 1.54) is 16.2 Å². The zero-order chi connectivity index (χ0) is 45.4. The van der Waals surface area contributed by atoms with Crippen molar-refractivity contribution in [2.75, 3.05) is 42.7 Å². The van der Waals surface area contributed by atoms with Crippen molar-refractivity contribution < 1.29 is 37.2 Å². The van der Waals surface area contributed by atoms with Crippen molar-refractivity contribution in [2.24, 2.45) is 22.0 Å². The van der Waals surface area contributed by atoms with E-state index in [-0.39, 0.29) is 41.1 Å². The summed E-state index contributed by atoms with van der Waals surface area (Å²) in [6.07, 6.45) is 9.00. The van der Waals surface area contributed by atoms with Gasteiger partial charge in [-0.25, -0.2) is 19.6 Å². The van der Waals surface area contributed by atoms with E-state index >= 15 is 0 Å². The number of ether oxygens (including phenoxy) is 1. The van der Waals surface area contributed by atoms with E-state index in [2.05, 4.69) is 24.1 Å². The number of thiazole rings is 1. The third kappa shape index (κ3) is 8.53. The number of nitrogens with zero attached hydrogens (tertiary/aromatic N) is 6. The zero-order valence-electron chi connectivity index (χ0n) is 36.5. The number of aromatic carboxylic acids is 1. The standard InChI is InChI=1S/C46H54N8O8S2/c1-28-32(19-48-54(28)27-45-22-43(2)21-44(3,23-45)25-46(24-43,26-45)62-17-16-52(4)39(55)33(47)20-64(59,60)61)31-13-14-34(49-38(31)40(56)57)30-12-11-29-8-7-15-53(36(29)18-30)42(58)51-41-50-35-9-5-6-10-37(35)63-41/h5-6,9-14,18-19,33H,7-8,15-17,20-27,47H2,1-4H3,(H,56,57)(H,50,51,58)(H,59,60,61). The third-order valence-corrected chi connectivity index (χ3v) is 15.5. The molecule has 64 heavy (non-hydrogen) atoms. The average Bonchev–Trinajstić information content (AvgIpc) is 3.79. The van der Waals surface area contributed by atoms with E-state index < -0.39 is 39.4 Å². The van der Waals surface area contributed by atoms with Gasteiger partial charge in [-0.15, -0.1) is 0 Å². The van der Waals surface area contributed by atoms with E-state index in [0.717, 1.165) is 78.5 Å². The molecule has 338 valence electrons. The topological polar surface area (TPSA) is 223 Å². The molecule has 4 saturated carbocycles. The van der Waals surface area contributed by atoms with Crippen LogP contribution in [-0.2, 0) is 32.6 Å². The SMILES string of the molecule is Cc1c(-c2ccc(-c3ccc4c(c3)N(C(=O)Nc3nc5ccccc5s3)CCC4)nc2C(=O)O)cnn1CC12CC3(C)CC(C)(C1)CC(OCCN(C)C(=O)C(N)CS(=O)(=O)O)(C3)C2. The monoisotopic (exact) mass is 910 g/mol. The molecule has 16 nitrogen and oxygen atoms in total. The molecule has 4 heterocycles. The maximum absolute atomic E-state index is 13.7. The molecule has 3 amide bonds. The lowest BCUT2D eigenvalue weighted by Crippen LogP contribution is -2.64. The zero-order valence-corrected chi connectivity index (χ0v) is 38.1. The quantitative estimate of drug-likeness (QED) is 0.0875. The third-order valence-electron chi connectivity index (χ3n) is 13.8. The van der Waals surface area contributed by atoms with Crippen LogP contribution in [0.5, 0.6) is 0 Å². The fourth-order valence-electron chi connectivity index (χ4n) is 12.5. The molecule has 10 rings (SSSR count). The first-order valence-electron chi connectivity index (χ1n) is 21.7. The molecule has 2 aromatic carbocycles. The van der Waals surface area contributed by atoms with Crippen LogP contribution in [0.3, 0.4) is 0 Å². The predicted octanol–water partition coefficient (Wildman–Crippen LogP) is 7.02. The van der Waals surface area contributed by atoms with Crippen LogP contribution in [0.25, 0.3) is 32.6 Å². The van der Waals surface area contributed by atoms with E-state index in [1.807, 2.05) is 60.1 Å². The van der Waals surface area contributed by atoms with E-state index in [1.54, 1.807) is 24.2 Å². The van der Waals surface area contributed by atoms with Gasteiger partial charge in [0.15, 0.2) is 10.8 Å². The first-order valence-corrected chi connectivity index (χ1v) is 24.1. The molecule has 4 aliphatic carbocycles. The van der Waals surface area contributed by atoms with Crippen molar-refractivity contribution in [1.82, 2.24) is 24.6 Å². The Morgan fingerprint density at radius 3 is 2.47 bits per heavy atom. The minimum Gasteiger partial charge on any atom is -0.476 e. The maximum atomic E-state index is 13.7. The number of benzene rings is 2. The molecule has 3 atom stereocenters. The predicted molar refractivity (Wildman–Crippen MR) is 244 cm³/mol. The molecule has 1 aliphatic heterocycles. The number of aryl methyl sites for hydroxylation is 1. The Bertz CT molecular complexity index is 2750. The molecule has 4 bridgehead atoms. The number of nitrogens with two attached hydrogens (primary N) is 1. The molecule has 5 N–H and O–H groups in total. The van der Waals surface area contributed by atoms with Gasteiger partial charge in [0.05, 0.1) is 40.1 Å². The van der Waals surface area contributed by atoms with Crippen molar-refractivity contribution in [2.45, 2.75) is 90.3 Å². The van der Waals surface area contributed by atoms with Crippen molar-refractivity contribution >= 4 is 60.4 Å². The van der Waals surface area contributed by atoms with Gasteiger partial charge in [0.1, 0.15) is 6.04 Å². The minimum atomic E-state index is -4.40. The second kappa shape index (κ2) is 16.0. The molecule has 5 aromatic rings. The number of carboxylic acids is 1. The number of hydrogen-bond acceptors (Lipinski definition) is 11. The first kappa shape index (κ1) is 44.0. The second-order valence-corrected chi connectivity index (χ2v) is 22.1. The van der Waals surface area contributed by atoms with Crippen LogP contribution >= 0.6 is 11.3 Å². The number of urea groups is 1. The van der Waals surface area contributed by atoms with Gasteiger partial charge >= 0.3 is 12.0 Å². The number of amides is 3. The summed E-state index contributed by atoms with van der Waals surface area (Å²) in [6, 6.07) is 15.5. The normalized spacial score (nSPS) is 25.3. The van der Waals surface area contributed by atoms with Crippen LogP contribution in [0, 0.1) is 23.2 Å². The lowest BCUT2D eigenvalue weighted by Gasteiger charge is -2.69. The summed E-state index contributed by atoms with van der Waals surface area (Å²) in [6.45, 7) is 8.27. The number of carboxylic acid groups (broad SMARTS) is 1. The lowest BCUT2D eigenvalue weighted by atomic mass is 9.39. The van der Waals surface area contributed by atoms with Crippen LogP contribution < -0.4 is 16.0 Å². The number of likely N-dealkylation sites (N-methyl/N-ethyl adjacent to an activating group) is 1. The Labute approximate surface area is 376 Å². The molecular formula is C46H54N8O8S2. The number of aromatic nitrogens is 4. The summed E-state index contributed by atoms with van der Waals surface area (Å²) in [5, 5.41) is 18.9. The summed E-state index contributed by atoms with van der Waals surface area (Å²) >= 11 is 1.42. The molecule has 3 unspecified atom stereocenters. The number of carbonyl (C=O) groups is 3. The van der Waals surface area contributed by atoms with Crippen molar-refractivity contribution in [3.63, 3.8) is 0 Å². The number of anilines is 2. The van der Waals surface area contributed by atoms with Gasteiger partial charge in [-0.05, 0) is 110 Å². The Morgan fingerprint density at radius 1 is 1.00 bits per heavy atom. The fourth-order valence-corrected chi connectivity index (χ4v) is 13.9. The van der Waals surface area contributed by atoms with Crippen LogP contribution in [0.2, 0.25) is 0 Å². The fraction of sp³-hybridized carbons (Fsp3) is 0.478. The first-order chi connectivity index (χ1) is 30.2. The van der Waals surface area contributed by atoms with Crippen LogP contribution in [-0.4, -0.2) is 105 Å². The molecule has 5 aliphatic rings. The minimum absolute atomic E-state index is 0.0249. The molecule has 18 heteroatoms. The number of hydrogen-bond donors (Lipinski definition) is 4. The Balaban J connectivity index is 0.931. The van der Waals surface area contributed by atoms with Gasteiger partial charge in [0, 0.05) is 54.8 Å². The molecule has 0 spiro atoms. The van der Waals surface area contributed by atoms with E-state index in [4.69, 9.17) is 20.6 Å². The average molecular weight is 911 g/mol. The van der Waals surface area contributed by atoms with Crippen LogP contribution in [0.4, 0.5) is 15.6 Å². The van der Waals surface area contributed by atoms with Crippen molar-refractivity contribution in [1.29, 1.82) is 0 Å². The van der Waals surface area contributed by atoms with Crippen molar-refractivity contribution in [3.05, 3.63) is 77.7 Å². The molecule has 0 radical (unpaired) electrons. The second-order valence-electron chi connectivity index (χ2n) is 19.5. The number of rotatable bonds is 13. The van der Waals surface area contributed by atoms with Gasteiger partial charge < -0.3 is 20.5 Å².